The largest absolute Gasteiger partial charge is 0.391 e. The molecular weight excluding hydrogens is 256 g/mol. The maximum absolute atomic E-state index is 12.0. The average molecular weight is 284 g/mol. The van der Waals surface area contributed by atoms with E-state index in [1.54, 1.807) is 0 Å². The van der Waals surface area contributed by atoms with Crippen LogP contribution >= 0.6 is 0 Å². The molecule has 0 aromatic heterocycles. The van der Waals surface area contributed by atoms with E-state index in [1.165, 1.54) is 0 Å². The molecule has 0 aromatic rings. The molecule has 1 aliphatic carbocycles. The van der Waals surface area contributed by atoms with Crippen LogP contribution in [0, 0.1) is 17.3 Å². The number of carbonyl (C=O) groups excluding carboxylic acids is 1. The number of aliphatic hydroxyl groups excluding tert-OH is 1. The van der Waals surface area contributed by atoms with Gasteiger partial charge in [-0.1, -0.05) is 34.1 Å². The number of rotatable bonds is 5. The van der Waals surface area contributed by atoms with Crippen molar-refractivity contribution in [1.29, 1.82) is 0 Å². The van der Waals surface area contributed by atoms with E-state index in [9.17, 15) is 9.90 Å². The Balaban J connectivity index is 1.78. The molecule has 2 rings (SSSR count). The number of urea groups is 1. The van der Waals surface area contributed by atoms with Gasteiger partial charge in [-0.3, -0.25) is 0 Å². The predicted molar refractivity (Wildman–Crippen MR) is 77.4 cm³/mol. The summed E-state index contributed by atoms with van der Waals surface area (Å²) in [5, 5.41) is 15.7. The monoisotopic (exact) mass is 284 g/mol. The Morgan fingerprint density at radius 2 is 2.20 bits per heavy atom. The van der Waals surface area contributed by atoms with Crippen LogP contribution < -0.4 is 10.6 Å². The van der Waals surface area contributed by atoms with Gasteiger partial charge in [0.05, 0.1) is 12.2 Å². The van der Waals surface area contributed by atoms with Gasteiger partial charge in [0.25, 0.3) is 0 Å². The third kappa shape index (κ3) is 2.79. The van der Waals surface area contributed by atoms with Crippen molar-refractivity contribution in [3.05, 3.63) is 0 Å². The lowest BCUT2D eigenvalue weighted by atomic mass is 9.57. The first kappa shape index (κ1) is 15.6. The summed E-state index contributed by atoms with van der Waals surface area (Å²) in [7, 11) is 0. The van der Waals surface area contributed by atoms with Gasteiger partial charge in [0.15, 0.2) is 0 Å². The quantitative estimate of drug-likeness (QED) is 0.716. The molecule has 5 unspecified atom stereocenters. The lowest BCUT2D eigenvalue weighted by molar-refractivity contribution is -0.108. The summed E-state index contributed by atoms with van der Waals surface area (Å²) in [5.74, 6) is 0.637. The number of carbonyl (C=O) groups is 1. The number of ether oxygens (including phenoxy) is 1. The molecule has 0 radical (unpaired) electrons. The molecule has 2 amide bonds. The highest BCUT2D eigenvalue weighted by Gasteiger charge is 2.59. The molecule has 1 saturated carbocycles. The number of aliphatic hydroxyl groups is 1. The first-order chi connectivity index (χ1) is 9.37. The van der Waals surface area contributed by atoms with E-state index in [1.807, 2.05) is 13.8 Å². The van der Waals surface area contributed by atoms with Crippen LogP contribution in [0.2, 0.25) is 0 Å². The molecule has 3 N–H and O–H groups in total. The number of nitrogens with one attached hydrogen (secondary N) is 2. The van der Waals surface area contributed by atoms with Crippen LogP contribution in [-0.4, -0.2) is 42.5 Å². The van der Waals surface area contributed by atoms with E-state index >= 15 is 0 Å². The van der Waals surface area contributed by atoms with Gasteiger partial charge in [0, 0.05) is 30.5 Å². The Morgan fingerprint density at radius 3 is 2.85 bits per heavy atom. The molecule has 2 fully saturated rings. The fourth-order valence-corrected chi connectivity index (χ4v) is 3.48. The van der Waals surface area contributed by atoms with E-state index in [-0.39, 0.29) is 29.5 Å². The zero-order valence-electron chi connectivity index (χ0n) is 13.0. The van der Waals surface area contributed by atoms with E-state index in [4.69, 9.17) is 4.74 Å². The smallest absolute Gasteiger partial charge is 0.315 e. The highest BCUT2D eigenvalue weighted by molar-refractivity contribution is 5.74. The van der Waals surface area contributed by atoms with Gasteiger partial charge in [-0.05, 0) is 12.3 Å². The van der Waals surface area contributed by atoms with Gasteiger partial charge in [0.1, 0.15) is 0 Å². The second-order valence-corrected chi connectivity index (χ2v) is 6.85. The number of hydrogen-bond donors (Lipinski definition) is 3. The summed E-state index contributed by atoms with van der Waals surface area (Å²) >= 11 is 0. The molecule has 2 aliphatic rings. The van der Waals surface area contributed by atoms with E-state index in [0.29, 0.717) is 12.5 Å². The van der Waals surface area contributed by atoms with Gasteiger partial charge in [-0.2, -0.15) is 0 Å². The Bertz CT molecular complexity index is 359. The Kier molecular flexibility index (Phi) is 4.59. The van der Waals surface area contributed by atoms with Gasteiger partial charge in [-0.25, -0.2) is 4.79 Å². The topological polar surface area (TPSA) is 70.6 Å². The third-order valence-electron chi connectivity index (χ3n) is 5.16. The third-order valence-corrected chi connectivity index (χ3v) is 5.16. The van der Waals surface area contributed by atoms with Gasteiger partial charge in [0.2, 0.25) is 0 Å². The standard InChI is InChI=1S/C15H28N2O3/c1-5-9(2)11(18)8-16-14(19)17-12-10-6-7-20-13(10)15(12,3)4/h9-13,18H,5-8H2,1-4H3,(H2,16,17,19). The average Bonchev–Trinajstić information content (AvgIpc) is 2.88. The molecule has 1 aliphatic heterocycles. The molecule has 5 nitrogen and oxygen atoms in total. The fourth-order valence-electron chi connectivity index (χ4n) is 3.48. The van der Waals surface area contributed by atoms with Gasteiger partial charge < -0.3 is 20.5 Å². The zero-order valence-corrected chi connectivity index (χ0v) is 13.0. The molecule has 0 bridgehead atoms. The highest BCUT2D eigenvalue weighted by Crippen LogP contribution is 2.51. The number of hydrogen-bond acceptors (Lipinski definition) is 3. The first-order valence-electron chi connectivity index (χ1n) is 7.72. The predicted octanol–water partition coefficient (Wildman–Crippen LogP) is 1.51. The summed E-state index contributed by atoms with van der Waals surface area (Å²) in [5.41, 5.74) is -0.00612. The SMILES string of the molecule is CCC(C)C(O)CNC(=O)NC1C2CCOC2C1(C)C. The van der Waals surface area contributed by atoms with Crippen LogP contribution in [0.15, 0.2) is 0 Å². The van der Waals surface area contributed by atoms with Gasteiger partial charge >= 0.3 is 6.03 Å². The van der Waals surface area contributed by atoms with Crippen LogP contribution in [0.25, 0.3) is 0 Å². The van der Waals surface area contributed by atoms with Crippen molar-refractivity contribution >= 4 is 6.03 Å². The Morgan fingerprint density at radius 1 is 1.50 bits per heavy atom. The van der Waals surface area contributed by atoms with Crippen molar-refractivity contribution in [2.24, 2.45) is 17.3 Å². The van der Waals surface area contributed by atoms with Crippen LogP contribution in [0.1, 0.15) is 40.5 Å². The molecule has 1 saturated heterocycles. The summed E-state index contributed by atoms with van der Waals surface area (Å²) in [6.07, 6.45) is 1.72. The minimum Gasteiger partial charge on any atom is -0.391 e. The number of amides is 2. The van der Waals surface area contributed by atoms with Gasteiger partial charge in [-0.15, -0.1) is 0 Å². The maximum Gasteiger partial charge on any atom is 0.315 e. The van der Waals surface area contributed by atoms with Crippen LogP contribution in [0.3, 0.4) is 0 Å². The molecule has 5 heteroatoms. The van der Waals surface area contributed by atoms with Crippen molar-refractivity contribution in [3.63, 3.8) is 0 Å². The molecule has 0 aromatic carbocycles. The van der Waals surface area contributed by atoms with Crippen molar-refractivity contribution in [2.45, 2.75) is 58.8 Å². The van der Waals surface area contributed by atoms with Crippen molar-refractivity contribution in [1.82, 2.24) is 10.6 Å². The second-order valence-electron chi connectivity index (χ2n) is 6.85. The molecule has 116 valence electrons. The van der Waals surface area contributed by atoms with E-state index in [0.717, 1.165) is 19.4 Å². The molecule has 5 atom stereocenters. The maximum atomic E-state index is 12.0. The minimum atomic E-state index is -0.484. The van der Waals surface area contributed by atoms with Crippen LogP contribution in [-0.2, 0) is 4.74 Å². The normalized spacial score (nSPS) is 33.8. The van der Waals surface area contributed by atoms with E-state index in [2.05, 4.69) is 24.5 Å². The van der Waals surface area contributed by atoms with Crippen molar-refractivity contribution in [3.8, 4) is 0 Å². The summed E-state index contributed by atoms with van der Waals surface area (Å²) < 4.78 is 5.71. The molecule has 0 spiro atoms. The summed E-state index contributed by atoms with van der Waals surface area (Å²) in [4.78, 5) is 12.0. The molecular formula is C15H28N2O3. The number of fused-ring (bicyclic) bond motifs is 1. The first-order valence-corrected chi connectivity index (χ1v) is 7.72. The second kappa shape index (κ2) is 5.90. The summed E-state index contributed by atoms with van der Waals surface area (Å²) in [6.45, 7) is 9.39. The highest BCUT2D eigenvalue weighted by atomic mass is 16.5. The fraction of sp³-hybridized carbons (Fsp3) is 0.933. The van der Waals surface area contributed by atoms with Crippen LogP contribution in [0.4, 0.5) is 4.79 Å². The van der Waals surface area contributed by atoms with Crippen molar-refractivity contribution < 1.29 is 14.6 Å². The van der Waals surface area contributed by atoms with E-state index < -0.39 is 6.10 Å². The van der Waals surface area contributed by atoms with Crippen LogP contribution in [0.5, 0.6) is 0 Å². The Hall–Kier alpha value is -0.810. The Labute approximate surface area is 121 Å². The summed E-state index contributed by atoms with van der Waals surface area (Å²) in [6, 6.07) is -0.0217. The lowest BCUT2D eigenvalue weighted by Gasteiger charge is -2.54. The lowest BCUT2D eigenvalue weighted by Crippen LogP contribution is -2.67. The zero-order chi connectivity index (χ0) is 14.9. The van der Waals surface area contributed by atoms with Crippen molar-refractivity contribution in [2.75, 3.05) is 13.2 Å². The minimum absolute atomic E-state index is 0.00612. The molecule has 1 heterocycles. The molecule has 20 heavy (non-hydrogen) atoms.